The molecule has 0 saturated carbocycles. The van der Waals surface area contributed by atoms with Crippen LogP contribution in [0.15, 0.2) is 42.6 Å². The average Bonchev–Trinajstić information content (AvgIpc) is 3.31. The molecule has 186 valence electrons. The van der Waals surface area contributed by atoms with Gasteiger partial charge < -0.3 is 15.0 Å². The molecule has 2 aromatic heterocycles. The molecule has 0 aliphatic carbocycles. The van der Waals surface area contributed by atoms with Gasteiger partial charge >= 0.3 is 12.3 Å². The van der Waals surface area contributed by atoms with Crippen LogP contribution in [0, 0.1) is 0 Å². The topological polar surface area (TPSA) is 99.3 Å². The first-order valence-corrected chi connectivity index (χ1v) is 10.9. The van der Waals surface area contributed by atoms with Crippen LogP contribution in [0.25, 0.3) is 0 Å². The fourth-order valence-corrected chi connectivity index (χ4v) is 3.99. The lowest BCUT2D eigenvalue weighted by Gasteiger charge is -2.33. The van der Waals surface area contributed by atoms with Gasteiger partial charge in [-0.15, -0.1) is 0 Å². The molecule has 0 spiro atoms. The number of amides is 1. The maximum Gasteiger partial charge on any atom is 0.451 e. The van der Waals surface area contributed by atoms with E-state index in [1.54, 1.807) is 4.90 Å². The summed E-state index contributed by atoms with van der Waals surface area (Å²) in [5.74, 6) is -1.04. The van der Waals surface area contributed by atoms with Crippen molar-refractivity contribution in [2.75, 3.05) is 26.0 Å². The molecule has 1 atom stereocenters. The van der Waals surface area contributed by atoms with Gasteiger partial charge in [0.15, 0.2) is 5.82 Å². The van der Waals surface area contributed by atoms with Crippen molar-refractivity contribution in [1.82, 2.24) is 30.0 Å². The summed E-state index contributed by atoms with van der Waals surface area (Å²) >= 11 is 0. The minimum Gasteiger partial charge on any atom is -0.440 e. The number of carbonyl (C=O) groups is 1. The number of ether oxygens (including phenoxy) is 1. The van der Waals surface area contributed by atoms with Crippen LogP contribution in [0.1, 0.15) is 42.6 Å². The molecule has 12 heteroatoms. The predicted molar refractivity (Wildman–Crippen MR) is 122 cm³/mol. The van der Waals surface area contributed by atoms with Crippen LogP contribution in [-0.4, -0.2) is 56.7 Å². The van der Waals surface area contributed by atoms with Crippen molar-refractivity contribution < 1.29 is 22.7 Å². The number of carbonyl (C=O) groups excluding carboxylic acids is 1. The Labute approximate surface area is 200 Å². The highest BCUT2D eigenvalue weighted by Gasteiger charge is 2.45. The van der Waals surface area contributed by atoms with Crippen molar-refractivity contribution in [1.29, 1.82) is 0 Å². The summed E-state index contributed by atoms with van der Waals surface area (Å²) in [6.07, 6.45) is -4.64. The number of halogens is 3. The third-order valence-electron chi connectivity index (χ3n) is 5.79. The third kappa shape index (κ3) is 5.06. The van der Waals surface area contributed by atoms with E-state index >= 15 is 0 Å². The van der Waals surface area contributed by atoms with Crippen LogP contribution in [0.4, 0.5) is 29.6 Å². The molecule has 0 radical (unpaired) electrons. The minimum atomic E-state index is -4.67. The summed E-state index contributed by atoms with van der Waals surface area (Å²) in [4.78, 5) is 23.6. The number of aromatic amines is 1. The largest absolute Gasteiger partial charge is 0.451 e. The lowest BCUT2D eigenvalue weighted by Crippen LogP contribution is -2.42. The lowest BCUT2D eigenvalue weighted by molar-refractivity contribution is -0.144. The normalized spacial score (nSPS) is 15.7. The Bertz CT molecular complexity index is 1200. The second-order valence-electron chi connectivity index (χ2n) is 9.00. The van der Waals surface area contributed by atoms with E-state index in [0.717, 1.165) is 11.8 Å². The third-order valence-corrected chi connectivity index (χ3v) is 5.79. The molecule has 1 aliphatic rings. The molecule has 4 rings (SSSR count). The molecule has 3 aromatic rings. The van der Waals surface area contributed by atoms with Crippen LogP contribution in [-0.2, 0) is 23.0 Å². The van der Waals surface area contributed by atoms with E-state index in [-0.39, 0.29) is 18.2 Å². The summed E-state index contributed by atoms with van der Waals surface area (Å²) < 4.78 is 44.9. The average molecular weight is 490 g/mol. The number of alkyl halides is 3. The Morgan fingerprint density at radius 3 is 2.63 bits per heavy atom. The van der Waals surface area contributed by atoms with Crippen LogP contribution in [0.2, 0.25) is 0 Å². The molecule has 0 fully saturated rings. The number of hydrogen-bond donors (Lipinski definition) is 2. The molecule has 0 unspecified atom stereocenters. The van der Waals surface area contributed by atoms with E-state index in [9.17, 15) is 18.0 Å². The maximum atomic E-state index is 13.3. The van der Waals surface area contributed by atoms with E-state index in [1.807, 2.05) is 63.2 Å². The predicted octanol–water partition coefficient (Wildman–Crippen LogP) is 4.45. The number of hydrogen-bond acceptors (Lipinski definition) is 7. The summed E-state index contributed by atoms with van der Waals surface area (Å²) in [5.41, 5.74) is 1.38. The molecule has 1 aromatic carbocycles. The first-order valence-electron chi connectivity index (χ1n) is 10.9. The van der Waals surface area contributed by atoms with E-state index in [0.29, 0.717) is 17.8 Å². The number of likely N-dealkylation sites (N-methyl/N-ethyl adjacent to an activating group) is 1. The van der Waals surface area contributed by atoms with Gasteiger partial charge in [-0.05, 0) is 39.6 Å². The van der Waals surface area contributed by atoms with Crippen molar-refractivity contribution in [3.05, 3.63) is 65.2 Å². The van der Waals surface area contributed by atoms with Crippen molar-refractivity contribution in [3.8, 4) is 0 Å². The van der Waals surface area contributed by atoms with Gasteiger partial charge in [-0.1, -0.05) is 30.3 Å². The summed E-state index contributed by atoms with van der Waals surface area (Å²) in [6, 6.07) is 10.8. The minimum absolute atomic E-state index is 0.0596. The highest BCUT2D eigenvalue weighted by molar-refractivity contribution is 5.72. The lowest BCUT2D eigenvalue weighted by atomic mass is 10.0. The Hall–Kier alpha value is -3.67. The Kier molecular flexibility index (Phi) is 6.41. The Morgan fingerprint density at radius 2 is 1.97 bits per heavy atom. The zero-order valence-electron chi connectivity index (χ0n) is 19.7. The summed E-state index contributed by atoms with van der Waals surface area (Å²) in [5, 5.41) is 9.91. The number of nitrogens with one attached hydrogen (secondary N) is 2. The smallest absolute Gasteiger partial charge is 0.440 e. The second kappa shape index (κ2) is 9.17. The molecule has 35 heavy (non-hydrogen) atoms. The van der Waals surface area contributed by atoms with Crippen LogP contribution in [0.5, 0.6) is 0 Å². The molecule has 2 N–H and O–H groups in total. The summed E-state index contributed by atoms with van der Waals surface area (Å²) in [7, 11) is 3.80. The molecular formula is C23H26F3N7O2. The summed E-state index contributed by atoms with van der Waals surface area (Å²) in [6.45, 7) is 4.34. The van der Waals surface area contributed by atoms with Gasteiger partial charge in [-0.3, -0.25) is 10.00 Å². The molecular weight excluding hydrogens is 463 g/mol. The number of benzene rings is 1. The first-order chi connectivity index (χ1) is 16.5. The van der Waals surface area contributed by atoms with Crippen LogP contribution >= 0.6 is 0 Å². The molecule has 0 saturated heterocycles. The fraction of sp³-hybridized carbons (Fsp3) is 0.391. The molecule has 9 nitrogen and oxygen atoms in total. The number of H-pyrrole nitrogens is 1. The number of anilines is 2. The van der Waals surface area contributed by atoms with E-state index in [4.69, 9.17) is 4.74 Å². The second-order valence-corrected chi connectivity index (χ2v) is 9.00. The maximum absolute atomic E-state index is 13.3. The molecule has 1 amide bonds. The molecule has 3 heterocycles. The van der Waals surface area contributed by atoms with Gasteiger partial charge in [0.25, 0.3) is 0 Å². The number of fused-ring (bicyclic) bond motifs is 1. The standard InChI is InChI=1S/C23H26F3N7O2/c1-22(2)18-15(19(31-30-18)28-17-10-11-27-20(29-17)23(24,25)26)12-33(22)21(34)35-16(13-32(3)4)14-8-6-5-7-9-14/h5-11,16H,12-13H2,1-4H3,(H2,27,28,29,30,31)/t16-/m1/s1. The van der Waals surface area contributed by atoms with Gasteiger partial charge in [0.2, 0.25) is 5.82 Å². The van der Waals surface area contributed by atoms with Crippen LogP contribution < -0.4 is 5.32 Å². The van der Waals surface area contributed by atoms with Gasteiger partial charge in [0, 0.05) is 18.3 Å². The Balaban J connectivity index is 1.55. The fourth-order valence-electron chi connectivity index (χ4n) is 3.99. The van der Waals surface area contributed by atoms with Crippen LogP contribution in [0.3, 0.4) is 0 Å². The monoisotopic (exact) mass is 489 g/mol. The van der Waals surface area contributed by atoms with E-state index in [2.05, 4.69) is 25.5 Å². The highest BCUT2D eigenvalue weighted by Crippen LogP contribution is 2.42. The van der Waals surface area contributed by atoms with Crippen molar-refractivity contribution >= 4 is 17.7 Å². The first kappa shape index (κ1) is 24.5. The number of aromatic nitrogens is 4. The van der Waals surface area contributed by atoms with Gasteiger partial charge in [-0.2, -0.15) is 18.3 Å². The quantitative estimate of drug-likeness (QED) is 0.528. The molecule has 1 aliphatic heterocycles. The SMILES string of the molecule is CN(C)C[C@@H](OC(=O)N1Cc2c(Nc3ccnc(C(F)(F)F)n3)n[nH]c2C1(C)C)c1ccccc1. The van der Waals surface area contributed by atoms with Crippen molar-refractivity contribution in [2.45, 2.75) is 38.2 Å². The van der Waals surface area contributed by atoms with Crippen molar-refractivity contribution in [2.24, 2.45) is 0 Å². The van der Waals surface area contributed by atoms with E-state index in [1.165, 1.54) is 6.07 Å². The van der Waals surface area contributed by atoms with Gasteiger partial charge in [0.1, 0.15) is 11.9 Å². The van der Waals surface area contributed by atoms with Crippen molar-refractivity contribution in [3.63, 3.8) is 0 Å². The van der Waals surface area contributed by atoms with E-state index < -0.39 is 29.7 Å². The van der Waals surface area contributed by atoms with Gasteiger partial charge in [0.05, 0.1) is 17.8 Å². The highest BCUT2D eigenvalue weighted by atomic mass is 19.4. The Morgan fingerprint density at radius 1 is 1.26 bits per heavy atom. The zero-order valence-corrected chi connectivity index (χ0v) is 19.7. The molecule has 0 bridgehead atoms. The van der Waals surface area contributed by atoms with Gasteiger partial charge in [-0.25, -0.2) is 14.8 Å². The number of nitrogens with zero attached hydrogens (tertiary/aromatic N) is 5. The number of rotatable bonds is 6. The zero-order chi connectivity index (χ0) is 25.4.